The average Bonchev–Trinajstić information content (AvgIpc) is 2.13. The molecule has 1 aromatic rings. The van der Waals surface area contributed by atoms with Crippen LogP contribution in [0.4, 0.5) is 13.2 Å². The van der Waals surface area contributed by atoms with Gasteiger partial charge in [0, 0.05) is 6.20 Å². The van der Waals surface area contributed by atoms with Crippen LogP contribution in [0, 0.1) is 0 Å². The molecule has 84 valence electrons. The number of rotatable bonds is 4. The molecule has 0 aromatic carbocycles. The molecule has 0 bridgehead atoms. The largest absolute Gasteiger partial charge is 0.522 e. The van der Waals surface area contributed by atoms with Gasteiger partial charge in [-0.25, -0.2) is 4.98 Å². The Bertz CT molecular complexity index is 319. The molecular formula is C8H7BrF3NO2. The van der Waals surface area contributed by atoms with E-state index < -0.39 is 13.0 Å². The van der Waals surface area contributed by atoms with Crippen LogP contribution in [0.2, 0.25) is 0 Å². The van der Waals surface area contributed by atoms with Crippen LogP contribution in [0.3, 0.4) is 0 Å². The van der Waals surface area contributed by atoms with E-state index in [1.165, 1.54) is 6.20 Å². The minimum Gasteiger partial charge on any atom is -0.488 e. The Kier molecular flexibility index (Phi) is 4.34. The van der Waals surface area contributed by atoms with Crippen molar-refractivity contribution in [2.75, 3.05) is 13.2 Å². The standard InChI is InChI=1S/C8H7BrF3NO2/c9-7-6(2-1-3-13-7)14-4-5-15-8(10,11)12/h1-3H,4-5H2. The molecule has 7 heteroatoms. The maximum atomic E-state index is 11.6. The molecule has 0 unspecified atom stereocenters. The number of hydrogen-bond acceptors (Lipinski definition) is 3. The average molecular weight is 286 g/mol. The van der Waals surface area contributed by atoms with Crippen molar-refractivity contribution in [1.82, 2.24) is 4.98 Å². The van der Waals surface area contributed by atoms with Crippen LogP contribution in [-0.4, -0.2) is 24.6 Å². The molecule has 0 spiro atoms. The minimum absolute atomic E-state index is 0.191. The van der Waals surface area contributed by atoms with Gasteiger partial charge in [-0.1, -0.05) is 0 Å². The summed E-state index contributed by atoms with van der Waals surface area (Å²) in [7, 11) is 0. The minimum atomic E-state index is -4.62. The summed E-state index contributed by atoms with van der Waals surface area (Å²) >= 11 is 3.09. The second-order valence-electron chi connectivity index (χ2n) is 2.44. The maximum absolute atomic E-state index is 11.6. The Morgan fingerprint density at radius 1 is 1.33 bits per heavy atom. The van der Waals surface area contributed by atoms with Gasteiger partial charge >= 0.3 is 6.36 Å². The molecule has 0 aliphatic carbocycles. The van der Waals surface area contributed by atoms with Crippen LogP contribution >= 0.6 is 15.9 Å². The Morgan fingerprint density at radius 2 is 2.07 bits per heavy atom. The number of pyridine rings is 1. The Hall–Kier alpha value is -0.820. The van der Waals surface area contributed by atoms with E-state index in [4.69, 9.17) is 4.74 Å². The lowest BCUT2D eigenvalue weighted by Crippen LogP contribution is -2.18. The molecule has 1 heterocycles. The van der Waals surface area contributed by atoms with Crippen LogP contribution in [0.25, 0.3) is 0 Å². The van der Waals surface area contributed by atoms with E-state index in [0.29, 0.717) is 10.4 Å². The molecule has 3 nitrogen and oxygen atoms in total. The summed E-state index contributed by atoms with van der Waals surface area (Å²) < 4.78 is 43.7. The van der Waals surface area contributed by atoms with Gasteiger partial charge in [0.15, 0.2) is 5.75 Å². The summed E-state index contributed by atoms with van der Waals surface area (Å²) in [4.78, 5) is 3.84. The monoisotopic (exact) mass is 285 g/mol. The molecule has 0 aliphatic rings. The quantitative estimate of drug-likeness (QED) is 0.630. The van der Waals surface area contributed by atoms with Crippen LogP contribution in [-0.2, 0) is 4.74 Å². The van der Waals surface area contributed by atoms with E-state index in [-0.39, 0.29) is 6.61 Å². The van der Waals surface area contributed by atoms with E-state index in [9.17, 15) is 13.2 Å². The zero-order chi connectivity index (χ0) is 11.3. The van der Waals surface area contributed by atoms with Gasteiger partial charge in [0.05, 0.1) is 6.61 Å². The van der Waals surface area contributed by atoms with Crippen LogP contribution in [0.1, 0.15) is 0 Å². The third-order valence-corrected chi connectivity index (χ3v) is 1.93. The van der Waals surface area contributed by atoms with E-state index in [0.717, 1.165) is 0 Å². The molecule has 0 fully saturated rings. The molecule has 15 heavy (non-hydrogen) atoms. The lowest BCUT2D eigenvalue weighted by atomic mass is 10.5. The Labute approximate surface area is 92.3 Å². The van der Waals surface area contributed by atoms with Gasteiger partial charge in [-0.2, -0.15) is 0 Å². The number of ether oxygens (including phenoxy) is 2. The first-order valence-corrected chi connectivity index (χ1v) is 4.72. The molecule has 1 rings (SSSR count). The second kappa shape index (κ2) is 5.32. The van der Waals surface area contributed by atoms with E-state index in [2.05, 4.69) is 25.7 Å². The lowest BCUT2D eigenvalue weighted by molar-refractivity contribution is -0.325. The fourth-order valence-electron chi connectivity index (χ4n) is 0.788. The first kappa shape index (κ1) is 12.3. The van der Waals surface area contributed by atoms with Gasteiger partial charge in [0.1, 0.15) is 11.2 Å². The van der Waals surface area contributed by atoms with Crippen LogP contribution in [0.15, 0.2) is 22.9 Å². The van der Waals surface area contributed by atoms with Crippen molar-refractivity contribution >= 4 is 15.9 Å². The van der Waals surface area contributed by atoms with Crippen molar-refractivity contribution in [2.45, 2.75) is 6.36 Å². The van der Waals surface area contributed by atoms with Crippen molar-refractivity contribution in [3.63, 3.8) is 0 Å². The van der Waals surface area contributed by atoms with Crippen molar-refractivity contribution in [1.29, 1.82) is 0 Å². The van der Waals surface area contributed by atoms with Crippen LogP contribution in [0.5, 0.6) is 5.75 Å². The lowest BCUT2D eigenvalue weighted by Gasteiger charge is -2.09. The van der Waals surface area contributed by atoms with Gasteiger partial charge in [-0.3, -0.25) is 4.74 Å². The van der Waals surface area contributed by atoms with Crippen molar-refractivity contribution < 1.29 is 22.6 Å². The van der Waals surface area contributed by atoms with Gasteiger partial charge in [-0.15, -0.1) is 13.2 Å². The molecule has 0 radical (unpaired) electrons. The van der Waals surface area contributed by atoms with Crippen molar-refractivity contribution in [2.24, 2.45) is 0 Å². The van der Waals surface area contributed by atoms with Gasteiger partial charge in [0.25, 0.3) is 0 Å². The summed E-state index contributed by atoms with van der Waals surface area (Å²) in [5.41, 5.74) is 0. The SMILES string of the molecule is FC(F)(F)OCCOc1cccnc1Br. The fraction of sp³-hybridized carbons (Fsp3) is 0.375. The van der Waals surface area contributed by atoms with E-state index in [1.54, 1.807) is 12.1 Å². The third kappa shape index (κ3) is 4.98. The first-order chi connectivity index (χ1) is 6.99. The third-order valence-electron chi connectivity index (χ3n) is 1.33. The topological polar surface area (TPSA) is 31.4 Å². The van der Waals surface area contributed by atoms with E-state index >= 15 is 0 Å². The molecule has 0 amide bonds. The van der Waals surface area contributed by atoms with E-state index in [1.807, 2.05) is 0 Å². The fourth-order valence-corrected chi connectivity index (χ4v) is 1.15. The predicted octanol–water partition coefficient (Wildman–Crippen LogP) is 2.76. The van der Waals surface area contributed by atoms with Crippen molar-refractivity contribution in [3.8, 4) is 5.75 Å². The molecule has 0 saturated carbocycles. The molecular weight excluding hydrogens is 279 g/mol. The molecule has 0 saturated heterocycles. The molecule has 0 aliphatic heterocycles. The summed E-state index contributed by atoms with van der Waals surface area (Å²) in [5.74, 6) is 0.378. The molecule has 0 atom stereocenters. The summed E-state index contributed by atoms with van der Waals surface area (Å²) in [6.45, 7) is -0.741. The maximum Gasteiger partial charge on any atom is 0.522 e. The Balaban J connectivity index is 2.30. The van der Waals surface area contributed by atoms with Gasteiger partial charge < -0.3 is 4.74 Å². The highest BCUT2D eigenvalue weighted by molar-refractivity contribution is 9.10. The highest BCUT2D eigenvalue weighted by Crippen LogP contribution is 2.21. The first-order valence-electron chi connectivity index (χ1n) is 3.93. The number of hydrogen-bond donors (Lipinski definition) is 0. The second-order valence-corrected chi connectivity index (χ2v) is 3.19. The molecule has 1 aromatic heterocycles. The number of alkyl halides is 3. The van der Waals surface area contributed by atoms with Gasteiger partial charge in [-0.05, 0) is 28.1 Å². The summed E-state index contributed by atoms with van der Waals surface area (Å²) in [5, 5.41) is 0. The summed E-state index contributed by atoms with van der Waals surface area (Å²) in [6, 6.07) is 3.20. The Morgan fingerprint density at radius 3 is 2.67 bits per heavy atom. The van der Waals surface area contributed by atoms with Crippen LogP contribution < -0.4 is 4.74 Å². The number of halogens is 4. The smallest absolute Gasteiger partial charge is 0.488 e. The molecule has 0 N–H and O–H groups in total. The zero-order valence-electron chi connectivity index (χ0n) is 7.42. The number of aromatic nitrogens is 1. The van der Waals surface area contributed by atoms with Crippen molar-refractivity contribution in [3.05, 3.63) is 22.9 Å². The summed E-state index contributed by atoms with van der Waals surface area (Å²) in [6.07, 6.45) is -3.08. The van der Waals surface area contributed by atoms with Gasteiger partial charge in [0.2, 0.25) is 0 Å². The highest BCUT2D eigenvalue weighted by atomic mass is 79.9. The number of nitrogens with zero attached hydrogens (tertiary/aromatic N) is 1. The predicted molar refractivity (Wildman–Crippen MR) is 49.4 cm³/mol. The zero-order valence-corrected chi connectivity index (χ0v) is 9.01. The normalized spacial score (nSPS) is 11.5. The highest BCUT2D eigenvalue weighted by Gasteiger charge is 2.28.